The molecule has 1 saturated heterocycles. The minimum absolute atomic E-state index is 0.990. The zero-order valence-corrected chi connectivity index (χ0v) is 10.8. The summed E-state index contributed by atoms with van der Waals surface area (Å²) in [5.74, 6) is 0.990. The van der Waals surface area contributed by atoms with Crippen molar-refractivity contribution in [1.29, 1.82) is 0 Å². The van der Waals surface area contributed by atoms with Gasteiger partial charge in [0.15, 0.2) is 0 Å². The van der Waals surface area contributed by atoms with Gasteiger partial charge in [0.2, 0.25) is 0 Å². The van der Waals surface area contributed by atoms with Crippen LogP contribution in [0.3, 0.4) is 0 Å². The Morgan fingerprint density at radius 2 is 1.88 bits per heavy atom. The molecule has 0 atom stereocenters. The number of hydrogen-bond donors (Lipinski definition) is 1. The number of hydrogen-bond acceptors (Lipinski definition) is 3. The first-order valence-electron chi connectivity index (χ1n) is 6.41. The highest BCUT2D eigenvalue weighted by Crippen LogP contribution is 2.29. The maximum atomic E-state index is 5.47. The van der Waals surface area contributed by atoms with E-state index in [1.165, 1.54) is 24.1 Å². The molecule has 0 unspecified atom stereocenters. The average Bonchev–Trinajstić information content (AvgIpc) is 2.28. The molecule has 0 aromatic heterocycles. The van der Waals surface area contributed by atoms with Crippen molar-refractivity contribution in [2.75, 3.05) is 38.2 Å². The smallest absolute Gasteiger partial charge is 0.142 e. The van der Waals surface area contributed by atoms with Crippen molar-refractivity contribution in [2.45, 2.75) is 19.8 Å². The molecule has 1 aromatic carbocycles. The lowest BCUT2D eigenvalue weighted by Gasteiger charge is -2.28. The third-order valence-electron chi connectivity index (χ3n) is 3.24. The topological polar surface area (TPSA) is 24.5 Å². The van der Waals surface area contributed by atoms with E-state index >= 15 is 0 Å². The van der Waals surface area contributed by atoms with Gasteiger partial charge in [-0.1, -0.05) is 6.07 Å². The molecule has 0 radical (unpaired) electrons. The molecule has 1 aliphatic rings. The second-order valence-electron chi connectivity index (χ2n) is 4.62. The average molecular weight is 234 g/mol. The first-order valence-corrected chi connectivity index (χ1v) is 6.41. The second kappa shape index (κ2) is 5.92. The fraction of sp³-hybridized carbons (Fsp3) is 0.571. The number of aryl methyl sites for hydroxylation is 1. The Labute approximate surface area is 104 Å². The van der Waals surface area contributed by atoms with Crippen LogP contribution in [0.15, 0.2) is 18.2 Å². The van der Waals surface area contributed by atoms with Gasteiger partial charge in [0.05, 0.1) is 12.8 Å². The van der Waals surface area contributed by atoms with Gasteiger partial charge in [-0.2, -0.15) is 0 Å². The Bertz CT molecular complexity index is 357. The van der Waals surface area contributed by atoms with E-state index in [9.17, 15) is 0 Å². The summed E-state index contributed by atoms with van der Waals surface area (Å²) in [5, 5.41) is 3.44. The van der Waals surface area contributed by atoms with Crippen molar-refractivity contribution in [2.24, 2.45) is 0 Å². The summed E-state index contributed by atoms with van der Waals surface area (Å²) in [6.45, 7) is 6.57. The number of anilines is 1. The van der Waals surface area contributed by atoms with Gasteiger partial charge in [0, 0.05) is 13.1 Å². The molecule has 0 amide bonds. The van der Waals surface area contributed by atoms with Gasteiger partial charge >= 0.3 is 0 Å². The number of benzene rings is 1. The van der Waals surface area contributed by atoms with Gasteiger partial charge in [-0.15, -0.1) is 0 Å². The Kier molecular flexibility index (Phi) is 4.26. The van der Waals surface area contributed by atoms with Crippen LogP contribution in [0.2, 0.25) is 0 Å². The zero-order chi connectivity index (χ0) is 12.1. The summed E-state index contributed by atoms with van der Waals surface area (Å²) in [4.78, 5) is 2.45. The summed E-state index contributed by atoms with van der Waals surface area (Å²) >= 11 is 0. The Hall–Kier alpha value is -1.22. The lowest BCUT2D eigenvalue weighted by molar-refractivity contribution is 0.413. The SMILES string of the molecule is COc1ccc(C)cc1N1CCCNCCC1. The first-order chi connectivity index (χ1) is 8.31. The Balaban J connectivity index is 2.20. The van der Waals surface area contributed by atoms with Gasteiger partial charge < -0.3 is 15.0 Å². The Morgan fingerprint density at radius 3 is 2.53 bits per heavy atom. The summed E-state index contributed by atoms with van der Waals surface area (Å²) in [6.07, 6.45) is 2.38. The van der Waals surface area contributed by atoms with Crippen LogP contribution in [0.1, 0.15) is 18.4 Å². The fourth-order valence-electron chi connectivity index (χ4n) is 2.31. The van der Waals surface area contributed by atoms with E-state index in [2.05, 4.69) is 35.3 Å². The molecule has 1 heterocycles. The highest BCUT2D eigenvalue weighted by atomic mass is 16.5. The van der Waals surface area contributed by atoms with Crippen molar-refractivity contribution >= 4 is 5.69 Å². The number of nitrogens with zero attached hydrogens (tertiary/aromatic N) is 1. The minimum atomic E-state index is 0.990. The molecule has 1 fully saturated rings. The van der Waals surface area contributed by atoms with Crippen LogP contribution in [0.25, 0.3) is 0 Å². The molecule has 3 nitrogen and oxygen atoms in total. The monoisotopic (exact) mass is 234 g/mol. The van der Waals surface area contributed by atoms with Gasteiger partial charge in [-0.3, -0.25) is 0 Å². The molecule has 1 aromatic rings. The Morgan fingerprint density at radius 1 is 1.18 bits per heavy atom. The van der Waals surface area contributed by atoms with E-state index in [0.29, 0.717) is 0 Å². The fourth-order valence-corrected chi connectivity index (χ4v) is 2.31. The molecule has 1 N–H and O–H groups in total. The maximum absolute atomic E-state index is 5.47. The number of ether oxygens (including phenoxy) is 1. The molecular weight excluding hydrogens is 212 g/mol. The van der Waals surface area contributed by atoms with Gasteiger partial charge in [-0.05, 0) is 50.6 Å². The van der Waals surface area contributed by atoms with Gasteiger partial charge in [0.25, 0.3) is 0 Å². The quantitative estimate of drug-likeness (QED) is 0.849. The highest BCUT2D eigenvalue weighted by Gasteiger charge is 2.13. The van der Waals surface area contributed by atoms with Crippen LogP contribution in [0.4, 0.5) is 5.69 Å². The molecule has 17 heavy (non-hydrogen) atoms. The van der Waals surface area contributed by atoms with Crippen molar-refractivity contribution in [3.63, 3.8) is 0 Å². The highest BCUT2D eigenvalue weighted by molar-refractivity contribution is 5.60. The van der Waals surface area contributed by atoms with Crippen LogP contribution in [-0.4, -0.2) is 33.3 Å². The second-order valence-corrected chi connectivity index (χ2v) is 4.62. The van der Waals surface area contributed by atoms with Crippen molar-refractivity contribution in [3.05, 3.63) is 23.8 Å². The first kappa shape index (κ1) is 12.2. The van der Waals surface area contributed by atoms with Crippen molar-refractivity contribution in [1.82, 2.24) is 5.32 Å². The largest absolute Gasteiger partial charge is 0.495 e. The van der Waals surface area contributed by atoms with Crippen molar-refractivity contribution < 1.29 is 4.74 Å². The predicted molar refractivity (Wildman–Crippen MR) is 72.0 cm³/mol. The summed E-state index contributed by atoms with van der Waals surface area (Å²) in [6, 6.07) is 6.41. The summed E-state index contributed by atoms with van der Waals surface area (Å²) < 4.78 is 5.47. The van der Waals surface area contributed by atoms with Gasteiger partial charge in [-0.25, -0.2) is 0 Å². The normalized spacial score (nSPS) is 17.4. The minimum Gasteiger partial charge on any atom is -0.495 e. The molecule has 1 aliphatic heterocycles. The van der Waals surface area contributed by atoms with E-state index in [1.54, 1.807) is 7.11 Å². The van der Waals surface area contributed by atoms with E-state index in [4.69, 9.17) is 4.74 Å². The van der Waals surface area contributed by atoms with E-state index < -0.39 is 0 Å². The molecule has 0 aliphatic carbocycles. The maximum Gasteiger partial charge on any atom is 0.142 e. The summed E-state index contributed by atoms with van der Waals surface area (Å²) in [7, 11) is 1.75. The molecule has 0 saturated carbocycles. The van der Waals surface area contributed by atoms with Crippen LogP contribution in [0, 0.1) is 6.92 Å². The van der Waals surface area contributed by atoms with Crippen molar-refractivity contribution in [3.8, 4) is 5.75 Å². The molecule has 3 heteroatoms. The lowest BCUT2D eigenvalue weighted by Crippen LogP contribution is -2.34. The lowest BCUT2D eigenvalue weighted by atomic mass is 10.1. The summed E-state index contributed by atoms with van der Waals surface area (Å²) in [5.41, 5.74) is 2.54. The van der Waals surface area contributed by atoms with Crippen LogP contribution in [-0.2, 0) is 0 Å². The molecule has 0 spiro atoms. The molecule has 2 rings (SSSR count). The van der Waals surface area contributed by atoms with E-state index in [0.717, 1.165) is 31.9 Å². The molecule has 0 bridgehead atoms. The number of nitrogens with one attached hydrogen (secondary N) is 1. The van der Waals surface area contributed by atoms with Crippen LogP contribution < -0.4 is 15.0 Å². The standard InChI is InChI=1S/C14H22N2O/c1-12-5-6-14(17-2)13(11-12)16-9-3-7-15-8-4-10-16/h5-6,11,15H,3-4,7-10H2,1-2H3. The zero-order valence-electron chi connectivity index (χ0n) is 10.8. The van der Waals surface area contributed by atoms with Crippen LogP contribution >= 0.6 is 0 Å². The van der Waals surface area contributed by atoms with Crippen LogP contribution in [0.5, 0.6) is 5.75 Å². The van der Waals surface area contributed by atoms with E-state index in [1.807, 2.05) is 0 Å². The predicted octanol–water partition coefficient (Wildman–Crippen LogP) is 2.19. The number of methoxy groups -OCH3 is 1. The third-order valence-corrected chi connectivity index (χ3v) is 3.24. The molecule has 94 valence electrons. The van der Waals surface area contributed by atoms with Gasteiger partial charge in [0.1, 0.15) is 5.75 Å². The van der Waals surface area contributed by atoms with E-state index in [-0.39, 0.29) is 0 Å². The molecular formula is C14H22N2O. The number of rotatable bonds is 2. The third kappa shape index (κ3) is 3.13.